The summed E-state index contributed by atoms with van der Waals surface area (Å²) in [5.74, 6) is 0. The van der Waals surface area contributed by atoms with Gasteiger partial charge in [0.25, 0.3) is 0 Å². The second-order valence-electron chi connectivity index (χ2n) is 5.55. The van der Waals surface area contributed by atoms with Crippen LogP contribution >= 0.6 is 0 Å². The molecule has 0 radical (unpaired) electrons. The molecule has 0 fully saturated rings. The number of hydrogen-bond acceptors (Lipinski definition) is 0. The van der Waals surface area contributed by atoms with Gasteiger partial charge in [-0.25, -0.2) is 0 Å². The number of allylic oxidation sites excluding steroid dienone is 1. The monoisotopic (exact) mass is 250 g/mol. The Kier molecular flexibility index (Phi) is 2.71. The highest BCUT2D eigenvalue weighted by Gasteiger charge is 2.35. The van der Waals surface area contributed by atoms with Gasteiger partial charge in [0, 0.05) is 5.54 Å². The minimum Gasteiger partial charge on any atom is -0.0787 e. The van der Waals surface area contributed by atoms with Gasteiger partial charge in [0.05, 0.1) is 8.07 Å². The quantitative estimate of drug-likeness (QED) is 0.708. The van der Waals surface area contributed by atoms with Gasteiger partial charge in [0.1, 0.15) is 0 Å². The molecule has 0 spiro atoms. The highest BCUT2D eigenvalue weighted by atomic mass is 28.3. The van der Waals surface area contributed by atoms with Crippen molar-refractivity contribution in [1.82, 2.24) is 0 Å². The van der Waals surface area contributed by atoms with Crippen molar-refractivity contribution in [2.24, 2.45) is 0 Å². The summed E-state index contributed by atoms with van der Waals surface area (Å²) in [6.07, 6.45) is 4.70. The lowest BCUT2D eigenvalue weighted by atomic mass is 10.1. The van der Waals surface area contributed by atoms with Gasteiger partial charge >= 0.3 is 0 Å². The van der Waals surface area contributed by atoms with Crippen LogP contribution in [0.3, 0.4) is 0 Å². The van der Waals surface area contributed by atoms with Gasteiger partial charge in [-0.1, -0.05) is 85.0 Å². The Morgan fingerprint density at radius 1 is 0.833 bits per heavy atom. The molecule has 1 unspecified atom stereocenters. The van der Waals surface area contributed by atoms with Gasteiger partial charge in [-0.2, -0.15) is 0 Å². The summed E-state index contributed by atoms with van der Waals surface area (Å²) in [6, 6.07) is 19.8. The van der Waals surface area contributed by atoms with Crippen LogP contribution in [0, 0.1) is 0 Å². The van der Waals surface area contributed by atoms with Crippen LogP contribution in [-0.2, 0) is 0 Å². The highest BCUT2D eigenvalue weighted by Crippen LogP contribution is 2.36. The molecular weight excluding hydrogens is 232 g/mol. The summed E-state index contributed by atoms with van der Waals surface area (Å²) in [7, 11) is -1.48. The third-order valence-corrected chi connectivity index (χ3v) is 7.97. The van der Waals surface area contributed by atoms with Crippen molar-refractivity contribution in [2.75, 3.05) is 0 Å². The summed E-state index contributed by atoms with van der Waals surface area (Å²) in [5, 5.41) is 1.54. The first-order valence-corrected chi connectivity index (χ1v) is 9.60. The molecule has 2 aromatic carbocycles. The van der Waals surface area contributed by atoms with Crippen molar-refractivity contribution in [2.45, 2.75) is 18.6 Å². The zero-order chi connectivity index (χ0) is 12.6. The lowest BCUT2D eigenvalue weighted by Gasteiger charge is -2.30. The van der Waals surface area contributed by atoms with E-state index in [1.807, 2.05) is 0 Å². The van der Waals surface area contributed by atoms with E-state index < -0.39 is 8.07 Å². The average molecular weight is 250 g/mol. The van der Waals surface area contributed by atoms with E-state index in [-0.39, 0.29) is 0 Å². The number of benzene rings is 2. The lowest BCUT2D eigenvalue weighted by molar-refractivity contribution is 1.17. The summed E-state index contributed by atoms with van der Waals surface area (Å²) in [5.41, 5.74) is 3.52. The largest absolute Gasteiger partial charge is 0.0919 e. The molecule has 1 aliphatic carbocycles. The van der Waals surface area contributed by atoms with Gasteiger partial charge < -0.3 is 0 Å². The van der Waals surface area contributed by atoms with Crippen LogP contribution in [0.25, 0.3) is 6.08 Å². The molecule has 0 nitrogen and oxygen atoms in total. The lowest BCUT2D eigenvalue weighted by Crippen LogP contribution is -2.46. The zero-order valence-electron chi connectivity index (χ0n) is 10.9. The molecule has 3 rings (SSSR count). The van der Waals surface area contributed by atoms with Crippen LogP contribution < -0.4 is 5.19 Å². The third-order valence-electron chi connectivity index (χ3n) is 4.09. The second kappa shape index (κ2) is 4.25. The second-order valence-corrected chi connectivity index (χ2v) is 10.2. The maximum absolute atomic E-state index is 2.47. The number of fused-ring (bicyclic) bond motifs is 1. The zero-order valence-corrected chi connectivity index (χ0v) is 11.9. The summed E-state index contributed by atoms with van der Waals surface area (Å²) < 4.78 is 0. The van der Waals surface area contributed by atoms with Crippen molar-refractivity contribution in [3.05, 3.63) is 71.8 Å². The van der Waals surface area contributed by atoms with E-state index in [2.05, 4.69) is 79.8 Å². The van der Waals surface area contributed by atoms with Crippen LogP contribution in [0.2, 0.25) is 13.1 Å². The van der Waals surface area contributed by atoms with E-state index in [1.54, 1.807) is 0 Å². The number of rotatable bonds is 2. The molecule has 90 valence electrons. The van der Waals surface area contributed by atoms with Crippen LogP contribution in [0.1, 0.15) is 16.7 Å². The maximum Gasteiger partial charge on any atom is 0.0919 e. The number of hydrogen-bond donors (Lipinski definition) is 0. The Morgan fingerprint density at radius 2 is 1.50 bits per heavy atom. The maximum atomic E-state index is 2.47. The van der Waals surface area contributed by atoms with E-state index in [9.17, 15) is 0 Å². The third kappa shape index (κ3) is 1.75. The SMILES string of the molecule is C[Si](C)(c1ccccc1)C1C=Cc2ccccc21. The fourth-order valence-corrected chi connectivity index (χ4v) is 5.95. The normalized spacial score (nSPS) is 17.8. The van der Waals surface area contributed by atoms with Gasteiger partial charge in [0.2, 0.25) is 0 Å². The van der Waals surface area contributed by atoms with Crippen LogP contribution in [0.15, 0.2) is 60.7 Å². The molecule has 0 aliphatic heterocycles. The van der Waals surface area contributed by atoms with Crippen molar-refractivity contribution < 1.29 is 0 Å². The summed E-state index contributed by atoms with van der Waals surface area (Å²) >= 11 is 0. The van der Waals surface area contributed by atoms with Crippen LogP contribution in [0.5, 0.6) is 0 Å². The molecule has 18 heavy (non-hydrogen) atoms. The smallest absolute Gasteiger partial charge is 0.0787 e. The Bertz CT molecular complexity index is 582. The molecule has 1 atom stereocenters. The Labute approximate surface area is 110 Å². The van der Waals surface area contributed by atoms with Crippen LogP contribution in [0.4, 0.5) is 0 Å². The molecule has 1 heteroatoms. The summed E-state index contributed by atoms with van der Waals surface area (Å²) in [4.78, 5) is 0. The molecular formula is C17H18Si. The van der Waals surface area contributed by atoms with Crippen molar-refractivity contribution in [1.29, 1.82) is 0 Å². The first-order chi connectivity index (χ1) is 8.69. The van der Waals surface area contributed by atoms with Gasteiger partial charge in [-0.15, -0.1) is 0 Å². The van der Waals surface area contributed by atoms with Gasteiger partial charge in [0.15, 0.2) is 0 Å². The molecule has 0 heterocycles. The fourth-order valence-electron chi connectivity index (χ4n) is 2.93. The topological polar surface area (TPSA) is 0 Å². The van der Waals surface area contributed by atoms with E-state index in [0.717, 1.165) is 0 Å². The van der Waals surface area contributed by atoms with Crippen molar-refractivity contribution in [3.8, 4) is 0 Å². The molecule has 0 amide bonds. The average Bonchev–Trinajstić information content (AvgIpc) is 2.84. The van der Waals surface area contributed by atoms with E-state index in [4.69, 9.17) is 0 Å². The minimum atomic E-state index is -1.48. The molecule has 0 aromatic heterocycles. The minimum absolute atomic E-state index is 0.607. The molecule has 0 N–H and O–H groups in total. The fraction of sp³-hybridized carbons (Fsp3) is 0.176. The molecule has 0 saturated heterocycles. The van der Waals surface area contributed by atoms with Crippen molar-refractivity contribution >= 4 is 19.3 Å². The van der Waals surface area contributed by atoms with E-state index >= 15 is 0 Å². The first kappa shape index (κ1) is 11.5. The van der Waals surface area contributed by atoms with Gasteiger partial charge in [-0.05, 0) is 11.1 Å². The van der Waals surface area contributed by atoms with Crippen molar-refractivity contribution in [3.63, 3.8) is 0 Å². The molecule has 0 saturated carbocycles. The first-order valence-electron chi connectivity index (χ1n) is 6.52. The predicted octanol–water partition coefficient (Wildman–Crippen LogP) is 3.95. The van der Waals surface area contributed by atoms with Gasteiger partial charge in [-0.3, -0.25) is 0 Å². The van der Waals surface area contributed by atoms with Crippen LogP contribution in [-0.4, -0.2) is 8.07 Å². The highest BCUT2D eigenvalue weighted by molar-refractivity contribution is 6.91. The Balaban J connectivity index is 2.05. The van der Waals surface area contributed by atoms with E-state index in [0.29, 0.717) is 5.54 Å². The Morgan fingerprint density at radius 3 is 2.28 bits per heavy atom. The molecule has 1 aliphatic rings. The molecule has 0 bridgehead atoms. The predicted molar refractivity (Wildman–Crippen MR) is 81.8 cm³/mol. The molecule has 2 aromatic rings. The van der Waals surface area contributed by atoms with E-state index in [1.165, 1.54) is 16.3 Å². The Hall–Kier alpha value is -1.60. The standard InChI is InChI=1S/C17H18Si/c1-18(2,15-9-4-3-5-10-15)17-13-12-14-8-6-7-11-16(14)17/h3-13,17H,1-2H3. The summed E-state index contributed by atoms with van der Waals surface area (Å²) in [6.45, 7) is 4.94.